The van der Waals surface area contributed by atoms with Crippen LogP contribution >= 0.6 is 0 Å². The summed E-state index contributed by atoms with van der Waals surface area (Å²) < 4.78 is 0. The van der Waals surface area contributed by atoms with Gasteiger partial charge in [0.05, 0.1) is 18.3 Å². The summed E-state index contributed by atoms with van der Waals surface area (Å²) in [7, 11) is 0. The van der Waals surface area contributed by atoms with Crippen molar-refractivity contribution < 1.29 is 15.3 Å². The van der Waals surface area contributed by atoms with Gasteiger partial charge in [0.1, 0.15) is 0 Å². The minimum Gasteiger partial charge on any atom is -0.393 e. The van der Waals surface area contributed by atoms with Crippen LogP contribution in [0.2, 0.25) is 0 Å². The van der Waals surface area contributed by atoms with Gasteiger partial charge in [-0.1, -0.05) is 80.6 Å². The fourth-order valence-electron chi connectivity index (χ4n) is 12.8. The van der Waals surface area contributed by atoms with Crippen LogP contribution in [0.3, 0.4) is 0 Å². The molecule has 38 heavy (non-hydrogen) atoms. The van der Waals surface area contributed by atoms with Gasteiger partial charge in [0.2, 0.25) is 0 Å². The molecule has 0 bridgehead atoms. The molecule has 3 N–H and O–H groups in total. The molecule has 220 valence electrons. The number of hydrogen-bond acceptors (Lipinski definition) is 3. The quantitative estimate of drug-likeness (QED) is 0.349. The van der Waals surface area contributed by atoms with Crippen molar-refractivity contribution in [2.45, 2.75) is 144 Å². The standard InChI is InChI=1S/C35H62O3/c1-20-11-9-10-12-25(20)15-16-26-14-13-21(2)29-27(26)18-33(6)19-34(7)17-22(3)28(24(5)36)32(38)35(34,8)23(4)30(33)31(29)37/h20-32,36-38H,9-19H2,1-8H3. The third-order valence-electron chi connectivity index (χ3n) is 14.8. The molecule has 0 spiro atoms. The maximum Gasteiger partial charge on any atom is 0.0656 e. The minimum absolute atomic E-state index is 0.0156. The van der Waals surface area contributed by atoms with E-state index in [1.54, 1.807) is 0 Å². The van der Waals surface area contributed by atoms with Gasteiger partial charge in [-0.15, -0.1) is 0 Å². The molecular weight excluding hydrogens is 468 g/mol. The summed E-state index contributed by atoms with van der Waals surface area (Å²) in [6.07, 6.45) is 13.2. The Balaban J connectivity index is 1.43. The van der Waals surface area contributed by atoms with E-state index in [1.165, 1.54) is 57.8 Å². The van der Waals surface area contributed by atoms with E-state index in [2.05, 4.69) is 48.5 Å². The van der Waals surface area contributed by atoms with Crippen molar-refractivity contribution in [2.75, 3.05) is 0 Å². The van der Waals surface area contributed by atoms with Crippen molar-refractivity contribution in [1.82, 2.24) is 0 Å². The van der Waals surface area contributed by atoms with Crippen molar-refractivity contribution in [3.63, 3.8) is 0 Å². The monoisotopic (exact) mass is 530 g/mol. The summed E-state index contributed by atoms with van der Waals surface area (Å²) in [4.78, 5) is 0. The van der Waals surface area contributed by atoms with E-state index in [4.69, 9.17) is 0 Å². The van der Waals surface area contributed by atoms with Gasteiger partial charge in [0.25, 0.3) is 0 Å². The van der Waals surface area contributed by atoms with Crippen LogP contribution in [-0.2, 0) is 0 Å². The van der Waals surface area contributed by atoms with Gasteiger partial charge >= 0.3 is 0 Å². The molecule has 5 aliphatic carbocycles. The molecule has 5 saturated carbocycles. The third kappa shape index (κ3) is 4.38. The van der Waals surface area contributed by atoms with Crippen molar-refractivity contribution in [1.29, 1.82) is 0 Å². The van der Waals surface area contributed by atoms with Crippen LogP contribution in [0.1, 0.15) is 126 Å². The molecule has 16 unspecified atom stereocenters. The molecule has 16 atom stereocenters. The Morgan fingerprint density at radius 3 is 2.11 bits per heavy atom. The number of aliphatic hydroxyl groups excluding tert-OH is 3. The Kier molecular flexibility index (Phi) is 7.97. The van der Waals surface area contributed by atoms with E-state index in [9.17, 15) is 15.3 Å². The lowest BCUT2D eigenvalue weighted by atomic mass is 9.34. The number of hydrogen-bond donors (Lipinski definition) is 3. The van der Waals surface area contributed by atoms with E-state index in [0.717, 1.165) is 30.6 Å². The second-order valence-corrected chi connectivity index (χ2v) is 16.8. The molecule has 0 heterocycles. The molecule has 0 radical (unpaired) electrons. The highest BCUT2D eigenvalue weighted by molar-refractivity contribution is 5.18. The van der Waals surface area contributed by atoms with Gasteiger partial charge in [-0.25, -0.2) is 0 Å². The lowest BCUT2D eigenvalue weighted by Gasteiger charge is -2.72. The maximum absolute atomic E-state index is 12.4. The van der Waals surface area contributed by atoms with E-state index in [0.29, 0.717) is 23.7 Å². The van der Waals surface area contributed by atoms with Crippen LogP contribution < -0.4 is 0 Å². The largest absolute Gasteiger partial charge is 0.393 e. The average Bonchev–Trinajstić information content (AvgIpc) is 2.81. The van der Waals surface area contributed by atoms with Crippen molar-refractivity contribution in [3.8, 4) is 0 Å². The van der Waals surface area contributed by atoms with Crippen LogP contribution in [0.25, 0.3) is 0 Å². The normalized spacial score (nSPS) is 57.9. The highest BCUT2D eigenvalue weighted by Crippen LogP contribution is 2.73. The summed E-state index contributed by atoms with van der Waals surface area (Å²) in [5.74, 6) is 4.86. The van der Waals surface area contributed by atoms with Gasteiger partial charge in [-0.2, -0.15) is 0 Å². The van der Waals surface area contributed by atoms with Crippen LogP contribution in [0.5, 0.6) is 0 Å². The van der Waals surface area contributed by atoms with E-state index in [1.807, 2.05) is 6.92 Å². The zero-order valence-electron chi connectivity index (χ0n) is 26.1. The highest BCUT2D eigenvalue weighted by Gasteiger charge is 2.70. The fraction of sp³-hybridized carbons (Fsp3) is 1.00. The first-order valence-corrected chi connectivity index (χ1v) is 16.8. The Morgan fingerprint density at radius 1 is 0.789 bits per heavy atom. The predicted molar refractivity (Wildman–Crippen MR) is 156 cm³/mol. The first-order valence-electron chi connectivity index (χ1n) is 16.8. The van der Waals surface area contributed by atoms with Crippen LogP contribution in [0.15, 0.2) is 0 Å². The van der Waals surface area contributed by atoms with Gasteiger partial charge in [0.15, 0.2) is 0 Å². The summed E-state index contributed by atoms with van der Waals surface area (Å²) in [6.45, 7) is 18.7. The van der Waals surface area contributed by atoms with Crippen molar-refractivity contribution in [3.05, 3.63) is 0 Å². The van der Waals surface area contributed by atoms with Gasteiger partial charge < -0.3 is 15.3 Å². The van der Waals surface area contributed by atoms with Crippen LogP contribution in [-0.4, -0.2) is 33.6 Å². The lowest BCUT2D eigenvalue weighted by molar-refractivity contribution is -0.279. The molecule has 3 nitrogen and oxygen atoms in total. The number of aliphatic hydroxyl groups is 3. The van der Waals surface area contributed by atoms with Crippen molar-refractivity contribution in [2.24, 2.45) is 75.4 Å². The Morgan fingerprint density at radius 2 is 1.45 bits per heavy atom. The molecule has 3 heteroatoms. The van der Waals surface area contributed by atoms with E-state index < -0.39 is 12.2 Å². The van der Waals surface area contributed by atoms with Gasteiger partial charge in [-0.3, -0.25) is 0 Å². The molecule has 0 aromatic rings. The smallest absolute Gasteiger partial charge is 0.0656 e. The average molecular weight is 531 g/mol. The fourth-order valence-corrected chi connectivity index (χ4v) is 12.8. The topological polar surface area (TPSA) is 60.7 Å². The Hall–Kier alpha value is -0.120. The van der Waals surface area contributed by atoms with E-state index >= 15 is 0 Å². The summed E-state index contributed by atoms with van der Waals surface area (Å²) in [5.41, 5.74) is -0.172. The molecule has 0 saturated heterocycles. The summed E-state index contributed by atoms with van der Waals surface area (Å²) >= 11 is 0. The third-order valence-corrected chi connectivity index (χ3v) is 14.8. The molecule has 5 rings (SSSR count). The SMILES string of the molecule is CC(O)C1C(C)CC2(C)CC3(C)CC4C(CCC5CCCCC5C)CCC(C)C4C(O)C3C(C)C2(C)C1O. The van der Waals surface area contributed by atoms with Gasteiger partial charge in [-0.05, 0) is 110 Å². The minimum atomic E-state index is -0.533. The highest BCUT2D eigenvalue weighted by atomic mass is 16.3. The first-order chi connectivity index (χ1) is 17.7. The summed E-state index contributed by atoms with van der Waals surface area (Å²) in [6, 6.07) is 0. The van der Waals surface area contributed by atoms with E-state index in [-0.39, 0.29) is 40.1 Å². The zero-order chi connectivity index (χ0) is 27.8. The molecule has 0 amide bonds. The van der Waals surface area contributed by atoms with Gasteiger partial charge in [0, 0.05) is 11.3 Å². The maximum atomic E-state index is 12.4. The molecular formula is C35H62O3. The second-order valence-electron chi connectivity index (χ2n) is 16.8. The molecule has 0 aliphatic heterocycles. The number of fused-ring (bicyclic) bond motifs is 3. The van der Waals surface area contributed by atoms with Crippen molar-refractivity contribution >= 4 is 0 Å². The zero-order valence-corrected chi connectivity index (χ0v) is 26.1. The van der Waals surface area contributed by atoms with Crippen LogP contribution in [0, 0.1) is 75.4 Å². The molecule has 5 fully saturated rings. The predicted octanol–water partition coefficient (Wildman–Crippen LogP) is 7.71. The molecule has 0 aromatic carbocycles. The van der Waals surface area contributed by atoms with Crippen LogP contribution in [0.4, 0.5) is 0 Å². The Labute approximate surface area is 235 Å². The summed E-state index contributed by atoms with van der Waals surface area (Å²) in [5, 5.41) is 35.0. The first kappa shape index (κ1) is 29.4. The Bertz CT molecular complexity index is 841. The lowest BCUT2D eigenvalue weighted by Crippen LogP contribution is -2.70. The number of rotatable bonds is 4. The molecule has 0 aromatic heterocycles. The molecule has 5 aliphatic rings. The second kappa shape index (κ2) is 10.3.